The summed E-state index contributed by atoms with van der Waals surface area (Å²) in [5.41, 5.74) is 2.22. The minimum absolute atomic E-state index is 0.00563. The number of nitro benzene ring substituents is 1. The van der Waals surface area contributed by atoms with Crippen molar-refractivity contribution in [2.75, 3.05) is 5.32 Å². The highest BCUT2D eigenvalue weighted by atomic mass is 16.6. The van der Waals surface area contributed by atoms with Gasteiger partial charge in [-0.1, -0.05) is 18.2 Å². The van der Waals surface area contributed by atoms with Gasteiger partial charge in [-0.15, -0.1) is 0 Å². The van der Waals surface area contributed by atoms with Crippen molar-refractivity contribution in [3.05, 3.63) is 76.0 Å². The molecule has 0 bridgehead atoms. The van der Waals surface area contributed by atoms with E-state index in [0.29, 0.717) is 16.8 Å². The van der Waals surface area contributed by atoms with Crippen LogP contribution in [-0.2, 0) is 0 Å². The van der Waals surface area contributed by atoms with E-state index < -0.39 is 4.92 Å². The first-order valence-electron chi connectivity index (χ1n) is 6.96. The van der Waals surface area contributed by atoms with Gasteiger partial charge in [-0.25, -0.2) is 0 Å². The second-order valence-corrected chi connectivity index (χ2v) is 5.13. The Bertz CT molecular complexity index is 922. The summed E-state index contributed by atoms with van der Waals surface area (Å²) in [5.74, 6) is -0.333. The lowest BCUT2D eigenvalue weighted by molar-refractivity contribution is -0.385. The highest BCUT2D eigenvalue weighted by Crippen LogP contribution is 2.20. The van der Waals surface area contributed by atoms with Crippen molar-refractivity contribution in [1.29, 1.82) is 0 Å². The third kappa shape index (κ3) is 3.01. The average molecular weight is 307 g/mol. The number of fused-ring (bicyclic) bond motifs is 1. The Morgan fingerprint density at radius 2 is 1.96 bits per heavy atom. The van der Waals surface area contributed by atoms with Crippen LogP contribution in [0.15, 0.2) is 54.7 Å². The van der Waals surface area contributed by atoms with Gasteiger partial charge in [-0.3, -0.25) is 19.9 Å². The highest BCUT2D eigenvalue weighted by Gasteiger charge is 2.14. The molecule has 6 nitrogen and oxygen atoms in total. The van der Waals surface area contributed by atoms with Crippen molar-refractivity contribution in [3.63, 3.8) is 0 Å². The van der Waals surface area contributed by atoms with Gasteiger partial charge < -0.3 is 5.32 Å². The summed E-state index contributed by atoms with van der Waals surface area (Å²) in [5, 5.41) is 14.5. The molecule has 2 aromatic carbocycles. The molecule has 0 spiro atoms. The number of carbonyl (C=O) groups is 1. The zero-order valence-corrected chi connectivity index (χ0v) is 12.3. The predicted molar refractivity (Wildman–Crippen MR) is 87.5 cm³/mol. The minimum Gasteiger partial charge on any atom is -0.321 e. The number of amides is 1. The van der Waals surface area contributed by atoms with Crippen LogP contribution in [0.5, 0.6) is 0 Å². The summed E-state index contributed by atoms with van der Waals surface area (Å²) in [4.78, 5) is 26.9. The average Bonchev–Trinajstić information content (AvgIpc) is 2.54. The van der Waals surface area contributed by atoms with Crippen molar-refractivity contribution in [2.24, 2.45) is 0 Å². The van der Waals surface area contributed by atoms with E-state index in [1.54, 1.807) is 13.1 Å². The molecular formula is C17H13N3O3. The molecule has 0 aliphatic rings. The number of pyridine rings is 1. The van der Waals surface area contributed by atoms with E-state index in [0.717, 1.165) is 10.9 Å². The second-order valence-electron chi connectivity index (χ2n) is 5.13. The van der Waals surface area contributed by atoms with E-state index in [1.807, 2.05) is 30.3 Å². The van der Waals surface area contributed by atoms with Crippen LogP contribution in [0.2, 0.25) is 0 Å². The minimum atomic E-state index is -0.468. The number of nitrogens with one attached hydrogen (secondary N) is 1. The van der Waals surface area contributed by atoms with Crippen molar-refractivity contribution in [1.82, 2.24) is 4.98 Å². The van der Waals surface area contributed by atoms with E-state index in [9.17, 15) is 14.9 Å². The van der Waals surface area contributed by atoms with Crippen molar-refractivity contribution in [3.8, 4) is 0 Å². The van der Waals surface area contributed by atoms with E-state index in [-0.39, 0.29) is 11.6 Å². The lowest BCUT2D eigenvalue weighted by atomic mass is 10.1. The molecule has 0 radical (unpaired) electrons. The van der Waals surface area contributed by atoms with Crippen LogP contribution >= 0.6 is 0 Å². The molecule has 0 saturated heterocycles. The SMILES string of the molecule is Cc1cc(C(=O)Nc2cnc3ccccc3c2)ccc1[N+](=O)[O-]. The second kappa shape index (κ2) is 5.84. The lowest BCUT2D eigenvalue weighted by Crippen LogP contribution is -2.12. The van der Waals surface area contributed by atoms with Gasteiger partial charge in [0.05, 0.1) is 22.3 Å². The Hall–Kier alpha value is -3.28. The highest BCUT2D eigenvalue weighted by molar-refractivity contribution is 6.05. The van der Waals surface area contributed by atoms with Gasteiger partial charge in [0, 0.05) is 22.6 Å². The number of hydrogen-bond donors (Lipinski definition) is 1. The van der Waals surface area contributed by atoms with Gasteiger partial charge in [-0.2, -0.15) is 0 Å². The molecule has 0 aliphatic carbocycles. The van der Waals surface area contributed by atoms with Gasteiger partial charge in [0.1, 0.15) is 0 Å². The van der Waals surface area contributed by atoms with Crippen molar-refractivity contribution in [2.45, 2.75) is 6.92 Å². The summed E-state index contributed by atoms with van der Waals surface area (Å²) in [6, 6.07) is 13.7. The molecule has 0 unspecified atom stereocenters. The van der Waals surface area contributed by atoms with Crippen LogP contribution < -0.4 is 5.32 Å². The van der Waals surface area contributed by atoms with Crippen molar-refractivity contribution < 1.29 is 9.72 Å². The van der Waals surface area contributed by atoms with Gasteiger partial charge in [0.25, 0.3) is 11.6 Å². The molecule has 0 atom stereocenters. The number of benzene rings is 2. The maximum Gasteiger partial charge on any atom is 0.272 e. The first-order chi connectivity index (χ1) is 11.0. The first-order valence-corrected chi connectivity index (χ1v) is 6.96. The Morgan fingerprint density at radius 3 is 2.70 bits per heavy atom. The number of hydrogen-bond acceptors (Lipinski definition) is 4. The molecule has 1 aromatic heterocycles. The summed E-state index contributed by atoms with van der Waals surface area (Å²) in [6.45, 7) is 1.60. The maximum atomic E-state index is 12.3. The number of aryl methyl sites for hydroxylation is 1. The number of para-hydroxylation sites is 1. The smallest absolute Gasteiger partial charge is 0.272 e. The maximum absolute atomic E-state index is 12.3. The third-order valence-electron chi connectivity index (χ3n) is 3.50. The first kappa shape index (κ1) is 14.6. The standard InChI is InChI=1S/C17H13N3O3/c1-11-8-13(6-7-16(11)20(22)23)17(21)19-14-9-12-4-2-3-5-15(12)18-10-14/h2-10H,1H3,(H,19,21). The summed E-state index contributed by atoms with van der Waals surface area (Å²) in [7, 11) is 0. The number of anilines is 1. The van der Waals surface area contributed by atoms with Gasteiger partial charge in [0.15, 0.2) is 0 Å². The molecule has 3 aromatic rings. The van der Waals surface area contributed by atoms with Crippen LogP contribution in [0.1, 0.15) is 15.9 Å². The lowest BCUT2D eigenvalue weighted by Gasteiger charge is -2.07. The molecular weight excluding hydrogens is 294 g/mol. The van der Waals surface area contributed by atoms with Gasteiger partial charge in [-0.05, 0) is 31.2 Å². The number of nitrogens with zero attached hydrogens (tertiary/aromatic N) is 2. The topological polar surface area (TPSA) is 85.1 Å². The fraction of sp³-hybridized carbons (Fsp3) is 0.0588. The Kier molecular flexibility index (Phi) is 3.72. The van der Waals surface area contributed by atoms with E-state index >= 15 is 0 Å². The van der Waals surface area contributed by atoms with Gasteiger partial charge >= 0.3 is 0 Å². The molecule has 114 valence electrons. The van der Waals surface area contributed by atoms with Crippen molar-refractivity contribution >= 4 is 28.2 Å². The Balaban J connectivity index is 1.85. The van der Waals surface area contributed by atoms with E-state index in [1.165, 1.54) is 18.2 Å². The van der Waals surface area contributed by atoms with Crippen LogP contribution in [0.25, 0.3) is 10.9 Å². The number of rotatable bonds is 3. The van der Waals surface area contributed by atoms with E-state index in [4.69, 9.17) is 0 Å². The predicted octanol–water partition coefficient (Wildman–Crippen LogP) is 3.70. The molecule has 23 heavy (non-hydrogen) atoms. The van der Waals surface area contributed by atoms with Crippen LogP contribution in [0.4, 0.5) is 11.4 Å². The fourth-order valence-electron chi connectivity index (χ4n) is 2.34. The summed E-state index contributed by atoms with van der Waals surface area (Å²) in [6.07, 6.45) is 1.58. The fourth-order valence-corrected chi connectivity index (χ4v) is 2.34. The van der Waals surface area contributed by atoms with Gasteiger partial charge in [0.2, 0.25) is 0 Å². The molecule has 0 aliphatic heterocycles. The molecule has 1 N–H and O–H groups in total. The zero-order chi connectivity index (χ0) is 16.4. The molecule has 1 amide bonds. The Labute approximate surface area is 131 Å². The summed E-state index contributed by atoms with van der Waals surface area (Å²) < 4.78 is 0. The molecule has 1 heterocycles. The molecule has 0 fully saturated rings. The molecule has 6 heteroatoms. The quantitative estimate of drug-likeness (QED) is 0.590. The third-order valence-corrected chi connectivity index (χ3v) is 3.50. The van der Waals surface area contributed by atoms with Crippen LogP contribution in [0, 0.1) is 17.0 Å². The number of nitro groups is 1. The monoisotopic (exact) mass is 307 g/mol. The Morgan fingerprint density at radius 1 is 1.17 bits per heavy atom. The molecule has 0 saturated carbocycles. The van der Waals surface area contributed by atoms with E-state index in [2.05, 4.69) is 10.3 Å². The number of carbonyl (C=O) groups excluding carboxylic acids is 1. The molecule has 3 rings (SSSR count). The largest absolute Gasteiger partial charge is 0.321 e. The normalized spacial score (nSPS) is 10.5. The summed E-state index contributed by atoms with van der Waals surface area (Å²) >= 11 is 0. The van der Waals surface area contributed by atoms with Crippen LogP contribution in [-0.4, -0.2) is 15.8 Å². The van der Waals surface area contributed by atoms with Crippen LogP contribution in [0.3, 0.4) is 0 Å². The zero-order valence-electron chi connectivity index (χ0n) is 12.3. The number of aromatic nitrogens is 1.